The maximum absolute atomic E-state index is 13.4. The molecule has 3 aromatic carbocycles. The number of benzene rings is 3. The molecule has 1 unspecified atom stereocenters. The van der Waals surface area contributed by atoms with Crippen molar-refractivity contribution in [1.82, 2.24) is 0 Å². The number of nitrogens with zero attached hydrogens (tertiary/aromatic N) is 1. The number of Topliss-reactive ketones (excluding diaryl/α,β-unsaturated/α-hetero) is 1. The Bertz CT molecular complexity index is 1310. The molecule has 1 fully saturated rings. The summed E-state index contributed by atoms with van der Waals surface area (Å²) in [7, 11) is 0. The van der Waals surface area contributed by atoms with Gasteiger partial charge in [0.05, 0.1) is 31.4 Å². The molecule has 0 radical (unpaired) electrons. The number of anilines is 1. The average molecular weight is 516 g/mol. The Hall–Kier alpha value is -4.26. The summed E-state index contributed by atoms with van der Waals surface area (Å²) in [6.07, 6.45) is 0. The standard InChI is InChI=1S/C31H33NO6/c1-5-36-24-14-10-21(11-15-24)28-27(29(33)22-8-7-9-26(18-22)38-19-20(3)4)30(34)31(35)32(28)23-12-16-25(17-13-23)37-6-2/h7-18,20,28,33H,5-6,19H2,1-4H3/b29-27-. The van der Waals surface area contributed by atoms with Crippen LogP contribution in [0.4, 0.5) is 5.69 Å². The highest BCUT2D eigenvalue weighted by atomic mass is 16.5. The fraction of sp³-hybridized carbons (Fsp3) is 0.290. The van der Waals surface area contributed by atoms with Crippen molar-refractivity contribution >= 4 is 23.1 Å². The molecule has 1 amide bonds. The molecule has 1 heterocycles. The van der Waals surface area contributed by atoms with Crippen LogP contribution in [0.5, 0.6) is 17.2 Å². The quantitative estimate of drug-likeness (QED) is 0.198. The van der Waals surface area contributed by atoms with Gasteiger partial charge in [-0.15, -0.1) is 0 Å². The van der Waals surface area contributed by atoms with Crippen molar-refractivity contribution in [1.29, 1.82) is 0 Å². The van der Waals surface area contributed by atoms with Gasteiger partial charge in [-0.2, -0.15) is 0 Å². The van der Waals surface area contributed by atoms with Gasteiger partial charge in [-0.3, -0.25) is 14.5 Å². The third-order valence-corrected chi connectivity index (χ3v) is 6.07. The first-order valence-corrected chi connectivity index (χ1v) is 12.8. The van der Waals surface area contributed by atoms with Crippen molar-refractivity contribution in [2.75, 3.05) is 24.7 Å². The average Bonchev–Trinajstić information content (AvgIpc) is 3.18. The molecule has 0 aliphatic carbocycles. The first-order valence-electron chi connectivity index (χ1n) is 12.8. The molecular weight excluding hydrogens is 482 g/mol. The molecule has 198 valence electrons. The molecule has 0 spiro atoms. The van der Waals surface area contributed by atoms with Gasteiger partial charge in [0.2, 0.25) is 0 Å². The molecule has 1 N–H and O–H groups in total. The third-order valence-electron chi connectivity index (χ3n) is 6.07. The van der Waals surface area contributed by atoms with E-state index in [1.165, 1.54) is 4.90 Å². The molecule has 7 heteroatoms. The second-order valence-corrected chi connectivity index (χ2v) is 9.33. The summed E-state index contributed by atoms with van der Waals surface area (Å²) >= 11 is 0. The van der Waals surface area contributed by atoms with E-state index in [9.17, 15) is 14.7 Å². The van der Waals surface area contributed by atoms with Crippen molar-refractivity contribution in [2.45, 2.75) is 33.7 Å². The molecule has 0 aromatic heterocycles. The molecule has 1 saturated heterocycles. The lowest BCUT2D eigenvalue weighted by atomic mass is 9.95. The lowest BCUT2D eigenvalue weighted by molar-refractivity contribution is -0.132. The minimum Gasteiger partial charge on any atom is -0.507 e. The summed E-state index contributed by atoms with van der Waals surface area (Å²) in [5, 5.41) is 11.4. The lowest BCUT2D eigenvalue weighted by Crippen LogP contribution is -2.29. The number of hydrogen-bond acceptors (Lipinski definition) is 6. The molecule has 1 aliphatic heterocycles. The smallest absolute Gasteiger partial charge is 0.300 e. The Labute approximate surface area is 223 Å². The van der Waals surface area contributed by atoms with Gasteiger partial charge in [0.1, 0.15) is 23.0 Å². The summed E-state index contributed by atoms with van der Waals surface area (Å²) < 4.78 is 16.9. The Morgan fingerprint density at radius 3 is 2.03 bits per heavy atom. The highest BCUT2D eigenvalue weighted by Crippen LogP contribution is 2.43. The van der Waals surface area contributed by atoms with E-state index in [1.54, 1.807) is 72.8 Å². The van der Waals surface area contributed by atoms with Crippen molar-refractivity contribution in [3.05, 3.63) is 89.5 Å². The second-order valence-electron chi connectivity index (χ2n) is 9.33. The molecule has 0 bridgehead atoms. The van der Waals surface area contributed by atoms with E-state index in [0.717, 1.165) is 0 Å². The second kappa shape index (κ2) is 11.9. The number of carbonyl (C=O) groups is 2. The Morgan fingerprint density at radius 1 is 0.842 bits per heavy atom. The highest BCUT2D eigenvalue weighted by Gasteiger charge is 2.47. The van der Waals surface area contributed by atoms with E-state index >= 15 is 0 Å². The van der Waals surface area contributed by atoms with Gasteiger partial charge >= 0.3 is 0 Å². The predicted octanol–water partition coefficient (Wildman–Crippen LogP) is 6.15. The van der Waals surface area contributed by atoms with E-state index in [2.05, 4.69) is 0 Å². The zero-order valence-corrected chi connectivity index (χ0v) is 22.1. The van der Waals surface area contributed by atoms with Crippen molar-refractivity contribution in [3.63, 3.8) is 0 Å². The molecule has 4 rings (SSSR count). The number of carbonyl (C=O) groups excluding carboxylic acids is 2. The molecule has 1 atom stereocenters. The van der Waals surface area contributed by atoms with Crippen LogP contribution >= 0.6 is 0 Å². The van der Waals surface area contributed by atoms with Crippen LogP contribution in [0.2, 0.25) is 0 Å². The minimum atomic E-state index is -0.844. The normalized spacial score (nSPS) is 16.7. The van der Waals surface area contributed by atoms with Gasteiger partial charge in [0, 0.05) is 11.3 Å². The predicted molar refractivity (Wildman–Crippen MR) is 147 cm³/mol. The molecule has 0 saturated carbocycles. The van der Waals surface area contributed by atoms with Gasteiger partial charge in [-0.25, -0.2) is 0 Å². The first kappa shape index (κ1) is 26.8. The molecule has 3 aromatic rings. The summed E-state index contributed by atoms with van der Waals surface area (Å²) in [5.74, 6) is 0.483. The SMILES string of the molecule is CCOc1ccc(C2/C(=C(/O)c3cccc(OCC(C)C)c3)C(=O)C(=O)N2c2ccc(OCC)cc2)cc1. The van der Waals surface area contributed by atoms with Crippen LogP contribution in [-0.4, -0.2) is 36.6 Å². The zero-order chi connectivity index (χ0) is 27.2. The summed E-state index contributed by atoms with van der Waals surface area (Å²) in [6, 6.07) is 20.2. The van der Waals surface area contributed by atoms with Gasteiger partial charge in [-0.05, 0) is 73.9 Å². The van der Waals surface area contributed by atoms with Gasteiger partial charge in [0.15, 0.2) is 0 Å². The van der Waals surface area contributed by atoms with Gasteiger partial charge in [0.25, 0.3) is 11.7 Å². The number of ether oxygens (including phenoxy) is 3. The maximum atomic E-state index is 13.4. The van der Waals surface area contributed by atoms with Crippen molar-refractivity contribution < 1.29 is 28.9 Å². The molecule has 7 nitrogen and oxygen atoms in total. The van der Waals surface area contributed by atoms with Crippen LogP contribution in [0.25, 0.3) is 5.76 Å². The number of rotatable bonds is 10. The van der Waals surface area contributed by atoms with Crippen LogP contribution in [0, 0.1) is 5.92 Å². The first-order chi connectivity index (χ1) is 18.3. The molecule has 1 aliphatic rings. The van der Waals surface area contributed by atoms with Gasteiger partial charge in [-0.1, -0.05) is 38.1 Å². The van der Waals surface area contributed by atoms with E-state index < -0.39 is 17.7 Å². The largest absolute Gasteiger partial charge is 0.507 e. The van der Waals surface area contributed by atoms with E-state index in [-0.39, 0.29) is 11.3 Å². The van der Waals surface area contributed by atoms with Crippen LogP contribution in [0.15, 0.2) is 78.4 Å². The number of aliphatic hydroxyl groups is 1. The summed E-state index contributed by atoms with van der Waals surface area (Å²) in [5.41, 5.74) is 1.58. The maximum Gasteiger partial charge on any atom is 0.300 e. The van der Waals surface area contributed by atoms with Crippen molar-refractivity contribution in [3.8, 4) is 17.2 Å². The number of aliphatic hydroxyl groups excluding tert-OH is 1. The van der Waals surface area contributed by atoms with E-state index in [4.69, 9.17) is 14.2 Å². The molecule has 38 heavy (non-hydrogen) atoms. The van der Waals surface area contributed by atoms with Crippen LogP contribution in [0.1, 0.15) is 44.9 Å². The Kier molecular flexibility index (Phi) is 8.36. The van der Waals surface area contributed by atoms with Crippen molar-refractivity contribution in [2.24, 2.45) is 5.92 Å². The van der Waals surface area contributed by atoms with Gasteiger partial charge < -0.3 is 19.3 Å². The number of hydrogen-bond donors (Lipinski definition) is 1. The molecular formula is C31H33NO6. The van der Waals surface area contributed by atoms with Crippen LogP contribution in [-0.2, 0) is 9.59 Å². The van der Waals surface area contributed by atoms with E-state index in [0.29, 0.717) is 59.8 Å². The summed E-state index contributed by atoms with van der Waals surface area (Å²) in [6.45, 7) is 9.41. The third kappa shape index (κ3) is 5.67. The summed E-state index contributed by atoms with van der Waals surface area (Å²) in [4.78, 5) is 28.3. The topological polar surface area (TPSA) is 85.3 Å². The number of amides is 1. The van der Waals surface area contributed by atoms with E-state index in [1.807, 2.05) is 27.7 Å². The Morgan fingerprint density at radius 2 is 1.45 bits per heavy atom. The minimum absolute atomic E-state index is 0.00838. The Balaban J connectivity index is 1.82. The zero-order valence-electron chi connectivity index (χ0n) is 22.1. The highest BCUT2D eigenvalue weighted by molar-refractivity contribution is 6.51. The monoisotopic (exact) mass is 515 g/mol. The van der Waals surface area contributed by atoms with Crippen LogP contribution in [0.3, 0.4) is 0 Å². The lowest BCUT2D eigenvalue weighted by Gasteiger charge is -2.26. The van der Waals surface area contributed by atoms with Crippen LogP contribution < -0.4 is 19.1 Å². The number of ketones is 1. The fourth-order valence-corrected chi connectivity index (χ4v) is 4.35. The fourth-order valence-electron chi connectivity index (χ4n) is 4.35.